The summed E-state index contributed by atoms with van der Waals surface area (Å²) in [6.45, 7) is 0. The van der Waals surface area contributed by atoms with Crippen LogP contribution in [0.3, 0.4) is 0 Å². The molecule has 15 heavy (non-hydrogen) atoms. The molecule has 4 nitrogen and oxygen atoms in total. The zero-order valence-electron chi connectivity index (χ0n) is 7.55. The SMILES string of the molecule is Cn1nc(C(F)F)c(C(N)=O)c1C(F)F. The highest BCUT2D eigenvalue weighted by Crippen LogP contribution is 2.29. The van der Waals surface area contributed by atoms with Gasteiger partial charge in [-0.2, -0.15) is 5.10 Å². The van der Waals surface area contributed by atoms with Crippen molar-refractivity contribution in [2.45, 2.75) is 12.9 Å². The van der Waals surface area contributed by atoms with Gasteiger partial charge in [0.1, 0.15) is 11.4 Å². The first-order valence-electron chi connectivity index (χ1n) is 3.79. The molecule has 2 N–H and O–H groups in total. The van der Waals surface area contributed by atoms with Crippen LogP contribution >= 0.6 is 0 Å². The number of amides is 1. The van der Waals surface area contributed by atoms with Crippen LogP contribution in [0.5, 0.6) is 0 Å². The van der Waals surface area contributed by atoms with Gasteiger partial charge in [0, 0.05) is 7.05 Å². The van der Waals surface area contributed by atoms with E-state index in [9.17, 15) is 22.4 Å². The van der Waals surface area contributed by atoms with Gasteiger partial charge in [0.2, 0.25) is 0 Å². The van der Waals surface area contributed by atoms with Crippen molar-refractivity contribution in [3.8, 4) is 0 Å². The van der Waals surface area contributed by atoms with E-state index in [-0.39, 0.29) is 0 Å². The van der Waals surface area contributed by atoms with Crippen molar-refractivity contribution in [2.75, 3.05) is 0 Å². The fourth-order valence-electron chi connectivity index (χ4n) is 1.21. The number of halogens is 4. The van der Waals surface area contributed by atoms with Crippen LogP contribution in [0.1, 0.15) is 34.6 Å². The summed E-state index contributed by atoms with van der Waals surface area (Å²) in [5, 5.41) is 3.14. The number of rotatable bonds is 3. The first-order chi connectivity index (χ1) is 6.86. The van der Waals surface area contributed by atoms with E-state index >= 15 is 0 Å². The van der Waals surface area contributed by atoms with Crippen molar-refractivity contribution in [2.24, 2.45) is 12.8 Å². The molecule has 1 aromatic heterocycles. The number of nitrogens with zero attached hydrogens (tertiary/aromatic N) is 2. The third-order valence-electron chi connectivity index (χ3n) is 1.78. The Hall–Kier alpha value is -1.60. The van der Waals surface area contributed by atoms with Crippen molar-refractivity contribution in [3.63, 3.8) is 0 Å². The summed E-state index contributed by atoms with van der Waals surface area (Å²) in [4.78, 5) is 10.8. The van der Waals surface area contributed by atoms with Crippen LogP contribution in [0, 0.1) is 0 Å². The van der Waals surface area contributed by atoms with Crippen LogP contribution in [0.2, 0.25) is 0 Å². The first kappa shape index (κ1) is 11.5. The van der Waals surface area contributed by atoms with Crippen molar-refractivity contribution in [3.05, 3.63) is 17.0 Å². The Balaban J connectivity index is 3.44. The maximum atomic E-state index is 12.4. The molecule has 0 saturated heterocycles. The number of alkyl halides is 4. The molecule has 0 radical (unpaired) electrons. The average molecular weight is 225 g/mol. The van der Waals surface area contributed by atoms with Crippen molar-refractivity contribution >= 4 is 5.91 Å². The average Bonchev–Trinajstić information content (AvgIpc) is 2.42. The topological polar surface area (TPSA) is 60.9 Å². The maximum Gasteiger partial charge on any atom is 0.282 e. The molecule has 0 atom stereocenters. The number of aromatic nitrogens is 2. The van der Waals surface area contributed by atoms with Crippen LogP contribution in [-0.2, 0) is 7.05 Å². The lowest BCUT2D eigenvalue weighted by Gasteiger charge is -2.01. The fourth-order valence-corrected chi connectivity index (χ4v) is 1.21. The van der Waals surface area contributed by atoms with E-state index in [0.29, 0.717) is 4.68 Å². The molecule has 0 aliphatic heterocycles. The van der Waals surface area contributed by atoms with Gasteiger partial charge in [0.05, 0.1) is 5.56 Å². The highest BCUT2D eigenvalue weighted by molar-refractivity contribution is 5.95. The predicted octanol–water partition coefficient (Wildman–Crippen LogP) is 1.39. The molecule has 0 saturated carbocycles. The minimum atomic E-state index is -3.12. The second-order valence-corrected chi connectivity index (χ2v) is 2.73. The highest BCUT2D eigenvalue weighted by Gasteiger charge is 2.30. The predicted molar refractivity (Wildman–Crippen MR) is 41.6 cm³/mol. The maximum absolute atomic E-state index is 12.4. The minimum absolute atomic E-state index is 0.534. The molecule has 1 heterocycles. The Labute approximate surface area is 81.7 Å². The molecule has 0 bridgehead atoms. The third-order valence-corrected chi connectivity index (χ3v) is 1.78. The fraction of sp³-hybridized carbons (Fsp3) is 0.429. The summed E-state index contributed by atoms with van der Waals surface area (Å²) in [7, 11) is 1.04. The lowest BCUT2D eigenvalue weighted by Crippen LogP contribution is -2.15. The molecule has 1 rings (SSSR count). The first-order valence-corrected chi connectivity index (χ1v) is 3.79. The van der Waals surface area contributed by atoms with Gasteiger partial charge in [0.15, 0.2) is 0 Å². The molecule has 84 valence electrons. The number of carbonyl (C=O) groups is 1. The van der Waals surface area contributed by atoms with E-state index in [1.165, 1.54) is 0 Å². The van der Waals surface area contributed by atoms with Gasteiger partial charge in [-0.3, -0.25) is 9.48 Å². The van der Waals surface area contributed by atoms with Crippen LogP contribution in [-0.4, -0.2) is 15.7 Å². The van der Waals surface area contributed by atoms with Gasteiger partial charge >= 0.3 is 0 Å². The summed E-state index contributed by atoms with van der Waals surface area (Å²) in [6, 6.07) is 0. The van der Waals surface area contributed by atoms with Gasteiger partial charge < -0.3 is 5.73 Å². The number of primary amides is 1. The quantitative estimate of drug-likeness (QED) is 0.790. The molecule has 0 unspecified atom stereocenters. The number of carbonyl (C=O) groups excluding carboxylic acids is 1. The van der Waals surface area contributed by atoms with E-state index in [2.05, 4.69) is 5.10 Å². The number of hydrogen-bond acceptors (Lipinski definition) is 2. The van der Waals surface area contributed by atoms with Crippen LogP contribution in [0.25, 0.3) is 0 Å². The van der Waals surface area contributed by atoms with Crippen LogP contribution < -0.4 is 5.73 Å². The molecule has 0 aromatic carbocycles. The summed E-state index contributed by atoms with van der Waals surface area (Å²) in [6.07, 6.45) is -6.20. The van der Waals surface area contributed by atoms with Crippen LogP contribution in [0.4, 0.5) is 17.6 Å². The summed E-state index contributed by atoms with van der Waals surface area (Å²) in [5.41, 5.74) is 1.94. The summed E-state index contributed by atoms with van der Waals surface area (Å²) in [5.74, 6) is -1.34. The molecule has 0 fully saturated rings. The molecule has 0 aliphatic carbocycles. The Kier molecular flexibility index (Phi) is 2.96. The standard InChI is InChI=1S/C7H7F4N3O/c1-14-4(6(10)11)2(7(12)15)3(13-14)5(8)9/h5-6H,1H3,(H2,12,15). The zero-order chi connectivity index (χ0) is 11.7. The zero-order valence-corrected chi connectivity index (χ0v) is 7.55. The van der Waals surface area contributed by atoms with Gasteiger partial charge in [-0.25, -0.2) is 17.6 Å². The molecule has 1 aromatic rings. The lowest BCUT2D eigenvalue weighted by molar-refractivity contribution is 0.0968. The van der Waals surface area contributed by atoms with Crippen molar-refractivity contribution < 1.29 is 22.4 Å². The number of hydrogen-bond donors (Lipinski definition) is 1. The van der Waals surface area contributed by atoms with Gasteiger partial charge in [-0.05, 0) is 0 Å². The lowest BCUT2D eigenvalue weighted by atomic mass is 10.1. The van der Waals surface area contributed by atoms with Crippen molar-refractivity contribution in [1.82, 2.24) is 9.78 Å². The molecular formula is C7H7F4N3O. The Morgan fingerprint density at radius 3 is 2.20 bits per heavy atom. The molecule has 0 spiro atoms. The van der Waals surface area contributed by atoms with Gasteiger partial charge in [0.25, 0.3) is 18.8 Å². The van der Waals surface area contributed by atoms with E-state index in [4.69, 9.17) is 5.73 Å². The third kappa shape index (κ3) is 1.92. The summed E-state index contributed by atoms with van der Waals surface area (Å²) >= 11 is 0. The number of aryl methyl sites for hydroxylation is 1. The van der Waals surface area contributed by atoms with Gasteiger partial charge in [-0.15, -0.1) is 0 Å². The monoisotopic (exact) mass is 225 g/mol. The smallest absolute Gasteiger partial charge is 0.282 e. The van der Waals surface area contributed by atoms with Gasteiger partial charge in [-0.1, -0.05) is 0 Å². The number of nitrogens with two attached hydrogens (primary N) is 1. The second-order valence-electron chi connectivity index (χ2n) is 2.73. The molecular weight excluding hydrogens is 218 g/mol. The minimum Gasteiger partial charge on any atom is -0.365 e. The second kappa shape index (κ2) is 3.87. The van der Waals surface area contributed by atoms with E-state index in [1.807, 2.05) is 0 Å². The Morgan fingerprint density at radius 2 is 1.87 bits per heavy atom. The molecule has 0 aliphatic rings. The van der Waals surface area contributed by atoms with E-state index in [1.54, 1.807) is 0 Å². The molecule has 8 heteroatoms. The summed E-state index contributed by atoms with van der Waals surface area (Å²) < 4.78 is 50.0. The molecule has 1 amide bonds. The largest absolute Gasteiger partial charge is 0.365 e. The Morgan fingerprint density at radius 1 is 1.33 bits per heavy atom. The normalized spacial score (nSPS) is 11.4. The highest BCUT2D eigenvalue weighted by atomic mass is 19.3. The van der Waals surface area contributed by atoms with Crippen molar-refractivity contribution in [1.29, 1.82) is 0 Å². The van der Waals surface area contributed by atoms with Crippen LogP contribution in [0.15, 0.2) is 0 Å². The Bertz CT molecular complexity index is 388. The van der Waals surface area contributed by atoms with E-state index < -0.39 is 35.7 Å². The van der Waals surface area contributed by atoms with E-state index in [0.717, 1.165) is 7.05 Å².